The molecule has 0 saturated heterocycles. The molecule has 0 aromatic heterocycles. The molecule has 0 amide bonds. The predicted molar refractivity (Wildman–Crippen MR) is 202 cm³/mol. The van der Waals surface area contributed by atoms with Crippen LogP contribution >= 0.6 is 15.8 Å². The van der Waals surface area contributed by atoms with E-state index in [9.17, 15) is 0 Å². The van der Waals surface area contributed by atoms with E-state index in [1.807, 2.05) is 0 Å². The Hall–Kier alpha value is -2.90. The monoisotopic (exact) mass is 647 g/mol. The van der Waals surface area contributed by atoms with Crippen LogP contribution in [0.3, 0.4) is 0 Å². The lowest BCUT2D eigenvalue weighted by molar-refractivity contribution is 0.583. The van der Waals surface area contributed by atoms with E-state index < -0.39 is 15.8 Å². The lowest BCUT2D eigenvalue weighted by atomic mass is 9.85. The number of rotatable bonds is 14. The summed E-state index contributed by atoms with van der Waals surface area (Å²) in [6.45, 7) is 10.3. The van der Waals surface area contributed by atoms with E-state index in [-0.39, 0.29) is 5.41 Å². The molecule has 0 bridgehead atoms. The molecule has 0 aliphatic heterocycles. The SMILES string of the molecule is CC(C)(C)c1cc(CNCCP(c2ccccc2)c2ccccc2)c([S-])c(CNCCP(c2ccccc2)c2ccccc2)c1. The average Bonchev–Trinajstić information content (AvgIpc) is 3.07. The molecule has 0 aliphatic carbocycles. The topological polar surface area (TPSA) is 24.1 Å². The van der Waals surface area contributed by atoms with Gasteiger partial charge in [0.25, 0.3) is 0 Å². The summed E-state index contributed by atoms with van der Waals surface area (Å²) in [5, 5.41) is 13.2. The van der Waals surface area contributed by atoms with Gasteiger partial charge in [-0.05, 0) is 73.5 Å². The summed E-state index contributed by atoms with van der Waals surface area (Å²) >= 11 is 6.11. The van der Waals surface area contributed by atoms with Crippen LogP contribution in [-0.2, 0) is 31.1 Å². The van der Waals surface area contributed by atoms with Crippen LogP contribution in [0.4, 0.5) is 0 Å². The molecule has 5 rings (SSSR count). The van der Waals surface area contributed by atoms with Gasteiger partial charge in [0, 0.05) is 13.1 Å². The number of hydrogen-bond donors (Lipinski definition) is 2. The van der Waals surface area contributed by atoms with Crippen molar-refractivity contribution >= 4 is 49.7 Å². The minimum Gasteiger partial charge on any atom is -0.779 e. The molecule has 2 nitrogen and oxygen atoms in total. The largest absolute Gasteiger partial charge is 0.779 e. The lowest BCUT2D eigenvalue weighted by Gasteiger charge is -2.28. The van der Waals surface area contributed by atoms with Crippen LogP contribution in [0.15, 0.2) is 138 Å². The first kappa shape index (κ1) is 33.5. The van der Waals surface area contributed by atoms with Crippen LogP contribution < -0.4 is 31.9 Å². The van der Waals surface area contributed by atoms with Gasteiger partial charge >= 0.3 is 0 Å². The molecule has 2 N–H and O–H groups in total. The fourth-order valence-corrected chi connectivity index (χ4v) is 10.3. The van der Waals surface area contributed by atoms with Crippen LogP contribution in [-0.4, -0.2) is 25.4 Å². The van der Waals surface area contributed by atoms with Crippen molar-refractivity contribution in [3.8, 4) is 0 Å². The molecule has 0 unspecified atom stereocenters. The quantitative estimate of drug-likeness (QED) is 0.0750. The highest BCUT2D eigenvalue weighted by Crippen LogP contribution is 2.34. The highest BCUT2D eigenvalue weighted by molar-refractivity contribution is 7.73. The van der Waals surface area contributed by atoms with Crippen LogP contribution in [0.25, 0.3) is 0 Å². The summed E-state index contributed by atoms with van der Waals surface area (Å²) in [7, 11) is -0.833. The van der Waals surface area contributed by atoms with E-state index >= 15 is 0 Å². The highest BCUT2D eigenvalue weighted by atomic mass is 32.1. The first-order valence-corrected chi connectivity index (χ1v) is 19.4. The minimum atomic E-state index is -0.417. The number of benzene rings is 5. The smallest absolute Gasteiger partial charge is 0.0191 e. The van der Waals surface area contributed by atoms with Crippen molar-refractivity contribution in [2.75, 3.05) is 25.4 Å². The van der Waals surface area contributed by atoms with Gasteiger partial charge in [-0.3, -0.25) is 0 Å². The van der Waals surface area contributed by atoms with Crippen molar-refractivity contribution in [2.45, 2.75) is 44.2 Å². The van der Waals surface area contributed by atoms with E-state index in [0.29, 0.717) is 0 Å². The zero-order valence-corrected chi connectivity index (χ0v) is 29.4. The molecule has 0 aliphatic rings. The van der Waals surface area contributed by atoms with Crippen LogP contribution in [0.2, 0.25) is 0 Å². The van der Waals surface area contributed by atoms with E-state index in [0.717, 1.165) is 43.4 Å². The third-order valence-corrected chi connectivity index (χ3v) is 13.6. The maximum Gasteiger partial charge on any atom is 0.0191 e. The molecule has 0 atom stereocenters. The maximum absolute atomic E-state index is 6.11. The molecule has 0 spiro atoms. The Kier molecular flexibility index (Phi) is 12.3. The first-order chi connectivity index (χ1) is 21.9. The predicted octanol–water partition coefficient (Wildman–Crippen LogP) is 7.33. The maximum atomic E-state index is 6.11. The fraction of sp³-hybridized carbons (Fsp3) is 0.250. The van der Waals surface area contributed by atoms with Gasteiger partial charge < -0.3 is 23.3 Å². The molecule has 0 heterocycles. The molecule has 45 heavy (non-hydrogen) atoms. The van der Waals surface area contributed by atoms with Crippen molar-refractivity contribution in [1.82, 2.24) is 10.6 Å². The first-order valence-electron chi connectivity index (χ1n) is 15.9. The second-order valence-electron chi connectivity index (χ2n) is 12.4. The molecule has 232 valence electrons. The van der Waals surface area contributed by atoms with E-state index in [4.69, 9.17) is 12.6 Å². The summed E-state index contributed by atoms with van der Waals surface area (Å²) in [6, 6.07) is 48.5. The van der Waals surface area contributed by atoms with E-state index in [2.05, 4.69) is 165 Å². The van der Waals surface area contributed by atoms with Gasteiger partial charge in [-0.25, -0.2) is 0 Å². The minimum absolute atomic E-state index is 0.0520. The molecule has 0 radical (unpaired) electrons. The normalized spacial score (nSPS) is 11.8. The standard InChI is InChI=1S/C40H46N2P2S/c1-40(2,3)34-28-32(30-41-24-26-43(35-16-8-4-9-17-35)36-18-10-5-11-19-36)39(45)33(29-34)31-42-25-27-44(37-20-12-6-13-21-37)38-22-14-7-15-23-38/h4-23,28-29,41-42,45H,24-27,30-31H2,1-3H3/p-1. The van der Waals surface area contributed by atoms with Crippen LogP contribution in [0.1, 0.15) is 37.5 Å². The Morgan fingerprint density at radius 2 is 0.822 bits per heavy atom. The average molecular weight is 648 g/mol. The zero-order valence-electron chi connectivity index (χ0n) is 26.7. The number of hydrogen-bond acceptors (Lipinski definition) is 3. The van der Waals surface area contributed by atoms with E-state index in [1.165, 1.54) is 37.9 Å². The van der Waals surface area contributed by atoms with Gasteiger partial charge in [0.15, 0.2) is 0 Å². The Balaban J connectivity index is 1.24. The van der Waals surface area contributed by atoms with Crippen LogP contribution in [0, 0.1) is 0 Å². The third-order valence-electron chi connectivity index (χ3n) is 8.04. The molecular weight excluding hydrogens is 602 g/mol. The Morgan fingerprint density at radius 3 is 1.11 bits per heavy atom. The molecule has 0 fully saturated rings. The van der Waals surface area contributed by atoms with Crippen molar-refractivity contribution in [3.05, 3.63) is 150 Å². The van der Waals surface area contributed by atoms with Crippen LogP contribution in [0.5, 0.6) is 0 Å². The molecule has 0 saturated carbocycles. The molecule has 5 aromatic carbocycles. The fourth-order valence-electron chi connectivity index (χ4n) is 5.52. The van der Waals surface area contributed by atoms with E-state index in [1.54, 1.807) is 0 Å². The molecular formula is C40H45N2P2S-. The molecule has 5 heteroatoms. The zero-order chi connectivity index (χ0) is 31.5. The third kappa shape index (κ3) is 9.55. The van der Waals surface area contributed by atoms with Crippen molar-refractivity contribution in [2.24, 2.45) is 0 Å². The summed E-state index contributed by atoms with van der Waals surface area (Å²) in [5.41, 5.74) is 3.86. The van der Waals surface area contributed by atoms with Crippen molar-refractivity contribution in [1.29, 1.82) is 0 Å². The van der Waals surface area contributed by atoms with Gasteiger partial charge in [-0.15, -0.1) is 0 Å². The summed E-state index contributed by atoms with van der Waals surface area (Å²) in [4.78, 5) is 0.991. The van der Waals surface area contributed by atoms with Gasteiger partial charge in [0.1, 0.15) is 0 Å². The summed E-state index contributed by atoms with van der Waals surface area (Å²) < 4.78 is 0. The Bertz CT molecular complexity index is 1400. The van der Waals surface area contributed by atoms with Gasteiger partial charge in [0.05, 0.1) is 0 Å². The summed E-state index contributed by atoms with van der Waals surface area (Å²) in [6.07, 6.45) is 2.19. The van der Waals surface area contributed by atoms with Gasteiger partial charge in [0.2, 0.25) is 0 Å². The summed E-state index contributed by atoms with van der Waals surface area (Å²) in [5.74, 6) is 0. The second-order valence-corrected chi connectivity index (χ2v) is 17.5. The highest BCUT2D eigenvalue weighted by Gasteiger charge is 2.17. The van der Waals surface area contributed by atoms with Crippen molar-refractivity contribution in [3.63, 3.8) is 0 Å². The lowest BCUT2D eigenvalue weighted by Crippen LogP contribution is -2.25. The Labute approximate surface area is 279 Å². The number of nitrogens with one attached hydrogen (secondary N) is 2. The van der Waals surface area contributed by atoms with Crippen molar-refractivity contribution < 1.29 is 0 Å². The molecule has 5 aromatic rings. The van der Waals surface area contributed by atoms with Gasteiger partial charge in [-0.1, -0.05) is 165 Å². The second kappa shape index (κ2) is 16.6. The van der Waals surface area contributed by atoms with Gasteiger partial charge in [-0.2, -0.15) is 4.90 Å². The Morgan fingerprint density at radius 1 is 0.511 bits per heavy atom.